The van der Waals surface area contributed by atoms with Gasteiger partial charge in [0.2, 0.25) is 0 Å². The van der Waals surface area contributed by atoms with E-state index in [1.54, 1.807) is 12.1 Å². The number of benzene rings is 1. The summed E-state index contributed by atoms with van der Waals surface area (Å²) >= 11 is 0. The summed E-state index contributed by atoms with van der Waals surface area (Å²) in [7, 11) is 0. The Morgan fingerprint density at radius 1 is 1.05 bits per heavy atom. The number of esters is 1. The smallest absolute Gasteiger partial charge is 0.338 e. The Morgan fingerprint density at radius 3 is 2.29 bits per heavy atom. The molecule has 0 aromatic heterocycles. The lowest BCUT2D eigenvalue weighted by Crippen LogP contribution is -2.17. The number of ether oxygens (including phenoxy) is 1. The highest BCUT2D eigenvalue weighted by Gasteiger charge is 2.16. The monoisotopic (exact) mass is 290 g/mol. The van der Waals surface area contributed by atoms with Crippen molar-refractivity contribution in [3.05, 3.63) is 35.9 Å². The molecule has 2 nitrogen and oxygen atoms in total. The van der Waals surface area contributed by atoms with Crippen molar-refractivity contribution in [1.82, 2.24) is 0 Å². The van der Waals surface area contributed by atoms with Crippen molar-refractivity contribution in [2.75, 3.05) is 6.61 Å². The average Bonchev–Trinajstić information content (AvgIpc) is 2.54. The van der Waals surface area contributed by atoms with E-state index in [-0.39, 0.29) is 5.97 Å². The Labute approximate surface area is 129 Å². The van der Waals surface area contributed by atoms with Crippen LogP contribution < -0.4 is 0 Å². The van der Waals surface area contributed by atoms with Gasteiger partial charge in [0, 0.05) is 0 Å². The maximum atomic E-state index is 12.0. The lowest BCUT2D eigenvalue weighted by molar-refractivity contribution is 0.0414. The van der Waals surface area contributed by atoms with Gasteiger partial charge in [-0.15, -0.1) is 0 Å². The number of carbonyl (C=O) groups is 1. The van der Waals surface area contributed by atoms with Crippen LogP contribution in [0, 0.1) is 11.8 Å². The molecule has 1 aromatic carbocycles. The molecule has 0 N–H and O–H groups in total. The third-order valence-corrected chi connectivity index (χ3v) is 4.25. The fraction of sp³-hybridized carbons (Fsp3) is 0.632. The van der Waals surface area contributed by atoms with E-state index < -0.39 is 0 Å². The maximum Gasteiger partial charge on any atom is 0.338 e. The van der Waals surface area contributed by atoms with Crippen molar-refractivity contribution in [3.63, 3.8) is 0 Å². The Hall–Kier alpha value is -1.31. The molecule has 0 amide bonds. The third kappa shape index (κ3) is 6.79. The van der Waals surface area contributed by atoms with Crippen LogP contribution in [0.1, 0.15) is 69.7 Å². The predicted octanol–water partition coefficient (Wildman–Crippen LogP) is 5.48. The van der Waals surface area contributed by atoms with Crippen molar-refractivity contribution in [3.8, 4) is 0 Å². The van der Waals surface area contributed by atoms with E-state index in [4.69, 9.17) is 4.74 Å². The minimum absolute atomic E-state index is 0.198. The molecule has 0 fully saturated rings. The van der Waals surface area contributed by atoms with Gasteiger partial charge in [0.1, 0.15) is 0 Å². The van der Waals surface area contributed by atoms with Crippen LogP contribution in [0.15, 0.2) is 30.3 Å². The van der Waals surface area contributed by atoms with Crippen LogP contribution in [0.3, 0.4) is 0 Å². The van der Waals surface area contributed by atoms with Gasteiger partial charge >= 0.3 is 5.97 Å². The predicted molar refractivity (Wildman–Crippen MR) is 88.4 cm³/mol. The average molecular weight is 290 g/mol. The molecule has 0 saturated heterocycles. The van der Waals surface area contributed by atoms with Crippen LogP contribution in [0.2, 0.25) is 0 Å². The summed E-state index contributed by atoms with van der Waals surface area (Å²) in [5.41, 5.74) is 0.644. The van der Waals surface area contributed by atoms with Crippen molar-refractivity contribution >= 4 is 5.97 Å². The Morgan fingerprint density at radius 2 is 1.71 bits per heavy atom. The molecule has 0 aliphatic heterocycles. The highest BCUT2D eigenvalue weighted by Crippen LogP contribution is 2.24. The molecule has 118 valence electrons. The van der Waals surface area contributed by atoms with Crippen molar-refractivity contribution < 1.29 is 9.53 Å². The van der Waals surface area contributed by atoms with Gasteiger partial charge in [-0.3, -0.25) is 0 Å². The van der Waals surface area contributed by atoms with Gasteiger partial charge in [0.15, 0.2) is 0 Å². The first kappa shape index (κ1) is 17.7. The van der Waals surface area contributed by atoms with Crippen LogP contribution in [0.4, 0.5) is 0 Å². The topological polar surface area (TPSA) is 26.3 Å². The number of rotatable bonds is 10. The number of carbonyl (C=O) groups excluding carboxylic acids is 1. The summed E-state index contributed by atoms with van der Waals surface area (Å²) in [5.74, 6) is 1.06. The fourth-order valence-corrected chi connectivity index (χ4v) is 2.66. The van der Waals surface area contributed by atoms with Crippen LogP contribution in [-0.4, -0.2) is 12.6 Å². The first-order valence-electron chi connectivity index (χ1n) is 8.43. The van der Waals surface area contributed by atoms with Crippen LogP contribution in [0.5, 0.6) is 0 Å². The van der Waals surface area contributed by atoms with E-state index >= 15 is 0 Å². The molecule has 0 radical (unpaired) electrons. The minimum Gasteiger partial charge on any atom is -0.462 e. The molecule has 0 spiro atoms. The van der Waals surface area contributed by atoms with E-state index in [0.717, 1.165) is 12.3 Å². The highest BCUT2D eigenvalue weighted by atomic mass is 16.5. The van der Waals surface area contributed by atoms with Crippen molar-refractivity contribution in [2.45, 2.75) is 59.3 Å². The van der Waals surface area contributed by atoms with E-state index in [0.29, 0.717) is 18.1 Å². The molecule has 0 saturated carbocycles. The molecule has 1 aromatic rings. The lowest BCUT2D eigenvalue weighted by Gasteiger charge is -2.21. The normalized spacial score (nSPS) is 13.7. The van der Waals surface area contributed by atoms with Gasteiger partial charge in [-0.05, 0) is 30.4 Å². The molecular weight excluding hydrogens is 260 g/mol. The standard InChI is InChI=1S/C19H30O2/c1-4-7-11-16(5-2)14-17(6-3)15-21-19(20)18-12-9-8-10-13-18/h8-10,12-13,16-17H,4-7,11,14-15H2,1-3H3. The molecule has 2 unspecified atom stereocenters. The Balaban J connectivity index is 2.41. The van der Waals surface area contributed by atoms with E-state index in [9.17, 15) is 4.79 Å². The van der Waals surface area contributed by atoms with Gasteiger partial charge in [-0.1, -0.05) is 71.1 Å². The third-order valence-electron chi connectivity index (χ3n) is 4.25. The van der Waals surface area contributed by atoms with Crippen molar-refractivity contribution in [2.24, 2.45) is 11.8 Å². The molecule has 0 bridgehead atoms. The zero-order valence-corrected chi connectivity index (χ0v) is 13.8. The summed E-state index contributed by atoms with van der Waals surface area (Å²) in [6.45, 7) is 7.25. The summed E-state index contributed by atoms with van der Waals surface area (Å²) in [4.78, 5) is 12.0. The number of hydrogen-bond acceptors (Lipinski definition) is 2. The van der Waals surface area contributed by atoms with Gasteiger partial charge in [-0.2, -0.15) is 0 Å². The first-order valence-corrected chi connectivity index (χ1v) is 8.43. The fourth-order valence-electron chi connectivity index (χ4n) is 2.66. The van der Waals surface area contributed by atoms with Gasteiger partial charge in [0.05, 0.1) is 12.2 Å². The van der Waals surface area contributed by atoms with Crippen LogP contribution in [0.25, 0.3) is 0 Å². The number of hydrogen-bond donors (Lipinski definition) is 0. The lowest BCUT2D eigenvalue weighted by atomic mass is 9.88. The zero-order chi connectivity index (χ0) is 15.5. The van der Waals surface area contributed by atoms with Gasteiger partial charge < -0.3 is 4.74 Å². The molecule has 0 aliphatic rings. The van der Waals surface area contributed by atoms with Gasteiger partial charge in [-0.25, -0.2) is 4.79 Å². The van der Waals surface area contributed by atoms with Crippen LogP contribution >= 0.6 is 0 Å². The van der Waals surface area contributed by atoms with E-state index in [1.807, 2.05) is 18.2 Å². The van der Waals surface area contributed by atoms with Crippen molar-refractivity contribution in [1.29, 1.82) is 0 Å². The second-order valence-electron chi connectivity index (χ2n) is 5.89. The molecule has 0 aliphatic carbocycles. The second-order valence-corrected chi connectivity index (χ2v) is 5.89. The Bertz CT molecular complexity index is 386. The SMILES string of the molecule is CCCCC(CC)CC(CC)COC(=O)c1ccccc1. The highest BCUT2D eigenvalue weighted by molar-refractivity contribution is 5.89. The molecular formula is C19H30O2. The summed E-state index contributed by atoms with van der Waals surface area (Å²) in [6.07, 6.45) is 7.34. The van der Waals surface area contributed by atoms with Crippen LogP contribution in [-0.2, 0) is 4.74 Å². The molecule has 21 heavy (non-hydrogen) atoms. The molecule has 2 atom stereocenters. The molecule has 0 heterocycles. The summed E-state index contributed by atoms with van der Waals surface area (Å²) < 4.78 is 5.49. The summed E-state index contributed by atoms with van der Waals surface area (Å²) in [6, 6.07) is 9.25. The zero-order valence-electron chi connectivity index (χ0n) is 13.8. The second kappa shape index (κ2) is 10.4. The molecule has 1 rings (SSSR count). The van der Waals surface area contributed by atoms with E-state index in [1.165, 1.54) is 32.1 Å². The first-order chi connectivity index (χ1) is 10.2. The van der Waals surface area contributed by atoms with E-state index in [2.05, 4.69) is 20.8 Å². The maximum absolute atomic E-state index is 12.0. The largest absolute Gasteiger partial charge is 0.462 e. The quantitative estimate of drug-likeness (QED) is 0.534. The summed E-state index contributed by atoms with van der Waals surface area (Å²) in [5, 5.41) is 0. The molecule has 2 heteroatoms. The number of unbranched alkanes of at least 4 members (excludes halogenated alkanes) is 1. The minimum atomic E-state index is -0.198. The van der Waals surface area contributed by atoms with Gasteiger partial charge in [0.25, 0.3) is 0 Å². The Kier molecular flexibility index (Phi) is 8.80.